The summed E-state index contributed by atoms with van der Waals surface area (Å²) in [5.41, 5.74) is 4.68. The first-order chi connectivity index (χ1) is 8.53. The zero-order valence-corrected chi connectivity index (χ0v) is 13.5. The summed E-state index contributed by atoms with van der Waals surface area (Å²) in [4.78, 5) is 0. The second kappa shape index (κ2) is 5.27. The molecule has 0 unspecified atom stereocenters. The lowest BCUT2D eigenvalue weighted by atomic mass is 9.66. The van der Waals surface area contributed by atoms with Crippen LogP contribution in [0, 0.1) is 5.41 Å². The first-order valence-corrected chi connectivity index (χ1v) is 7.42. The van der Waals surface area contributed by atoms with Gasteiger partial charge in [0.2, 0.25) is 0 Å². The minimum absolute atomic E-state index is 0. The predicted molar refractivity (Wildman–Crippen MR) is 84.8 cm³/mol. The van der Waals surface area contributed by atoms with Crippen LogP contribution in [0.5, 0.6) is 0 Å². The van der Waals surface area contributed by atoms with E-state index in [9.17, 15) is 0 Å². The lowest BCUT2D eigenvalue weighted by molar-refractivity contribution is 0.277. The molecule has 1 saturated heterocycles. The van der Waals surface area contributed by atoms with Crippen molar-refractivity contribution in [2.24, 2.45) is 5.41 Å². The number of hydrogen-bond acceptors (Lipinski definition) is 1. The molecule has 2 aliphatic rings. The van der Waals surface area contributed by atoms with Crippen LogP contribution in [0.15, 0.2) is 12.1 Å². The van der Waals surface area contributed by atoms with E-state index in [1.807, 2.05) is 0 Å². The zero-order valence-electron chi connectivity index (χ0n) is 11.9. The van der Waals surface area contributed by atoms with Gasteiger partial charge in [0, 0.05) is 24.0 Å². The molecule has 3 rings (SSSR count). The maximum atomic E-state index is 6.64. The fourth-order valence-corrected chi connectivity index (χ4v) is 4.20. The Morgan fingerprint density at radius 2 is 2.11 bits per heavy atom. The highest BCUT2D eigenvalue weighted by atomic mass is 35.5. The van der Waals surface area contributed by atoms with Crippen molar-refractivity contribution in [3.05, 3.63) is 33.8 Å². The molecule has 1 aliphatic heterocycles. The topological polar surface area (TPSA) is 12.0 Å². The van der Waals surface area contributed by atoms with Gasteiger partial charge in [0.1, 0.15) is 0 Å². The lowest BCUT2D eigenvalue weighted by Crippen LogP contribution is -2.30. The van der Waals surface area contributed by atoms with Crippen LogP contribution in [0.25, 0.3) is 0 Å². The molecule has 0 spiro atoms. The Balaban J connectivity index is 0.00000133. The van der Waals surface area contributed by atoms with Gasteiger partial charge in [-0.3, -0.25) is 0 Å². The quantitative estimate of drug-likeness (QED) is 0.804. The van der Waals surface area contributed by atoms with Crippen molar-refractivity contribution in [3.8, 4) is 0 Å². The van der Waals surface area contributed by atoms with Crippen LogP contribution in [0.3, 0.4) is 0 Å². The minimum Gasteiger partial charge on any atom is -0.316 e. The van der Waals surface area contributed by atoms with Gasteiger partial charge in [-0.05, 0) is 40.9 Å². The molecule has 0 aromatic heterocycles. The Morgan fingerprint density at radius 1 is 1.37 bits per heavy atom. The molecule has 0 saturated carbocycles. The number of rotatable bonds is 1. The average Bonchev–Trinajstić information content (AvgIpc) is 2.71. The van der Waals surface area contributed by atoms with Gasteiger partial charge >= 0.3 is 0 Å². The predicted octanol–water partition coefficient (Wildman–Crippen LogP) is 4.52. The maximum absolute atomic E-state index is 6.64. The third kappa shape index (κ3) is 2.30. The van der Waals surface area contributed by atoms with Crippen LogP contribution < -0.4 is 5.32 Å². The lowest BCUT2D eigenvalue weighted by Gasteiger charge is -2.37. The first kappa shape index (κ1) is 15.2. The molecular weight excluding hydrogens is 277 g/mol. The van der Waals surface area contributed by atoms with Gasteiger partial charge in [-0.15, -0.1) is 12.4 Å². The summed E-state index contributed by atoms with van der Waals surface area (Å²) in [5, 5.41) is 4.60. The molecule has 0 radical (unpaired) electrons. The second-order valence-electron chi connectivity index (χ2n) is 6.53. The highest BCUT2D eigenvalue weighted by Gasteiger charge is 2.43. The van der Waals surface area contributed by atoms with Crippen molar-refractivity contribution in [1.82, 2.24) is 5.32 Å². The normalized spacial score (nSPS) is 28.8. The van der Waals surface area contributed by atoms with Crippen molar-refractivity contribution < 1.29 is 0 Å². The Bertz CT molecular complexity index is 484. The highest BCUT2D eigenvalue weighted by Crippen LogP contribution is 2.49. The van der Waals surface area contributed by atoms with Crippen molar-refractivity contribution in [1.29, 1.82) is 0 Å². The Morgan fingerprint density at radius 3 is 2.79 bits per heavy atom. The summed E-state index contributed by atoms with van der Waals surface area (Å²) in [5.74, 6) is 1.16. The molecule has 1 aliphatic carbocycles. The molecule has 1 aromatic carbocycles. The molecule has 2 atom stereocenters. The molecule has 1 heterocycles. The van der Waals surface area contributed by atoms with Gasteiger partial charge in [0.05, 0.1) is 0 Å². The number of hydrogen-bond donors (Lipinski definition) is 1. The van der Waals surface area contributed by atoms with Crippen molar-refractivity contribution in [2.75, 3.05) is 13.1 Å². The van der Waals surface area contributed by atoms with E-state index in [-0.39, 0.29) is 12.4 Å². The van der Waals surface area contributed by atoms with Crippen molar-refractivity contribution in [3.63, 3.8) is 0 Å². The van der Waals surface area contributed by atoms with Crippen LogP contribution in [-0.2, 0) is 6.42 Å². The van der Waals surface area contributed by atoms with E-state index in [4.69, 9.17) is 11.6 Å². The maximum Gasteiger partial charge on any atom is 0.0475 e. The zero-order chi connectivity index (χ0) is 12.9. The Hall–Kier alpha value is -0.240. The van der Waals surface area contributed by atoms with Crippen LogP contribution in [-0.4, -0.2) is 13.1 Å². The van der Waals surface area contributed by atoms with Gasteiger partial charge in [-0.1, -0.05) is 44.5 Å². The molecule has 3 heteroatoms. The van der Waals surface area contributed by atoms with Gasteiger partial charge in [-0.25, -0.2) is 0 Å². The number of nitrogens with one attached hydrogen (secondary N) is 1. The summed E-state index contributed by atoms with van der Waals surface area (Å²) >= 11 is 6.64. The Labute approximate surface area is 127 Å². The average molecular weight is 300 g/mol. The summed E-state index contributed by atoms with van der Waals surface area (Å²) < 4.78 is 0. The smallest absolute Gasteiger partial charge is 0.0475 e. The van der Waals surface area contributed by atoms with E-state index < -0.39 is 0 Å². The highest BCUT2D eigenvalue weighted by molar-refractivity contribution is 6.32. The fraction of sp³-hybridized carbons (Fsp3) is 0.625. The van der Waals surface area contributed by atoms with E-state index >= 15 is 0 Å². The molecule has 1 fully saturated rings. The summed E-state index contributed by atoms with van der Waals surface area (Å²) in [6.45, 7) is 9.13. The standard InChI is InChI=1S/C16H22ClN.ClH/c1-10(2)11-4-5-12-13(15(11)17)6-7-16(3)9-18-8-14(12)16;/h4-5,10,14,18H,6-9H2,1-3H3;1H/t14-,16+;/m1./s1. The van der Waals surface area contributed by atoms with E-state index in [2.05, 4.69) is 38.2 Å². The Kier molecular flexibility index (Phi) is 4.21. The largest absolute Gasteiger partial charge is 0.316 e. The third-order valence-electron chi connectivity index (χ3n) is 4.97. The summed E-state index contributed by atoms with van der Waals surface area (Å²) in [6.07, 6.45) is 2.41. The van der Waals surface area contributed by atoms with Crippen LogP contribution in [0.1, 0.15) is 55.7 Å². The van der Waals surface area contributed by atoms with Gasteiger partial charge < -0.3 is 5.32 Å². The molecule has 0 bridgehead atoms. The van der Waals surface area contributed by atoms with E-state index in [1.165, 1.54) is 23.1 Å². The second-order valence-corrected chi connectivity index (χ2v) is 6.91. The molecule has 106 valence electrons. The molecule has 1 N–H and O–H groups in total. The van der Waals surface area contributed by atoms with E-state index in [0.29, 0.717) is 17.3 Å². The van der Waals surface area contributed by atoms with Crippen molar-refractivity contribution in [2.45, 2.75) is 45.4 Å². The number of benzene rings is 1. The van der Waals surface area contributed by atoms with Crippen molar-refractivity contribution >= 4 is 24.0 Å². The summed E-state index contributed by atoms with van der Waals surface area (Å²) in [6, 6.07) is 4.58. The molecule has 1 nitrogen and oxygen atoms in total. The molecular formula is C16H23Cl2N. The molecule has 19 heavy (non-hydrogen) atoms. The van der Waals surface area contributed by atoms with Crippen LogP contribution in [0.4, 0.5) is 0 Å². The fourth-order valence-electron chi connectivity index (χ4n) is 3.71. The molecule has 0 amide bonds. The van der Waals surface area contributed by atoms with Crippen LogP contribution >= 0.6 is 24.0 Å². The SMILES string of the molecule is CC(C)c1ccc2c(c1Cl)CC[C@@]1(C)CNC[C@H]21.Cl. The van der Waals surface area contributed by atoms with Gasteiger partial charge in [0.15, 0.2) is 0 Å². The third-order valence-corrected chi connectivity index (χ3v) is 5.42. The number of fused-ring (bicyclic) bond motifs is 3. The van der Waals surface area contributed by atoms with E-state index in [0.717, 1.165) is 24.5 Å². The van der Waals surface area contributed by atoms with Gasteiger partial charge in [0.25, 0.3) is 0 Å². The van der Waals surface area contributed by atoms with E-state index in [1.54, 1.807) is 0 Å². The first-order valence-electron chi connectivity index (χ1n) is 7.05. The molecule has 1 aromatic rings. The number of halogens is 2. The monoisotopic (exact) mass is 299 g/mol. The van der Waals surface area contributed by atoms with Gasteiger partial charge in [-0.2, -0.15) is 0 Å². The minimum atomic E-state index is 0. The van der Waals surface area contributed by atoms with Crippen LogP contribution in [0.2, 0.25) is 5.02 Å². The summed E-state index contributed by atoms with van der Waals surface area (Å²) in [7, 11) is 0.